The first kappa shape index (κ1) is 17.6. The molecule has 2 aromatic rings. The van der Waals surface area contributed by atoms with Crippen molar-refractivity contribution in [3.8, 4) is 17.2 Å². The van der Waals surface area contributed by atoms with Crippen LogP contribution in [0.5, 0.6) is 17.2 Å². The van der Waals surface area contributed by atoms with E-state index < -0.39 is 11.9 Å². The van der Waals surface area contributed by atoms with Gasteiger partial charge in [0.2, 0.25) is 6.79 Å². The molecule has 26 heavy (non-hydrogen) atoms. The summed E-state index contributed by atoms with van der Waals surface area (Å²) in [5.74, 6) is 0.765. The van der Waals surface area contributed by atoms with Crippen molar-refractivity contribution in [3.63, 3.8) is 0 Å². The van der Waals surface area contributed by atoms with Gasteiger partial charge in [0, 0.05) is 0 Å². The summed E-state index contributed by atoms with van der Waals surface area (Å²) in [6, 6.07) is 11.9. The summed E-state index contributed by atoms with van der Waals surface area (Å²) in [6.45, 7) is 1.59. The second-order valence-corrected chi connectivity index (χ2v) is 5.71. The SMILES string of the molecule is COc1cccc([C@H](C)NC(=O)COC(=O)c2ccc3c(c2)OCO3)c1. The molecule has 0 bridgehead atoms. The minimum absolute atomic E-state index is 0.123. The number of benzene rings is 2. The van der Waals surface area contributed by atoms with Gasteiger partial charge in [0.25, 0.3) is 5.91 Å². The third-order valence-electron chi connectivity index (χ3n) is 3.91. The van der Waals surface area contributed by atoms with Gasteiger partial charge in [-0.05, 0) is 42.8 Å². The molecule has 1 atom stereocenters. The third kappa shape index (κ3) is 4.05. The summed E-state index contributed by atoms with van der Waals surface area (Å²) in [4.78, 5) is 24.1. The molecule has 0 saturated carbocycles. The van der Waals surface area contributed by atoms with Crippen LogP contribution in [0.4, 0.5) is 0 Å². The Morgan fingerprint density at radius 2 is 1.96 bits per heavy atom. The standard InChI is InChI=1S/C19H19NO6/c1-12(13-4-3-5-15(8-13)23-2)20-18(21)10-24-19(22)14-6-7-16-17(9-14)26-11-25-16/h3-9,12H,10-11H2,1-2H3,(H,20,21)/t12-/m0/s1. The summed E-state index contributed by atoms with van der Waals surface area (Å²) < 4.78 is 20.6. The minimum atomic E-state index is -0.604. The summed E-state index contributed by atoms with van der Waals surface area (Å²) in [5, 5.41) is 2.78. The van der Waals surface area contributed by atoms with Crippen LogP contribution in [-0.4, -0.2) is 32.4 Å². The van der Waals surface area contributed by atoms with Crippen molar-refractivity contribution in [3.05, 3.63) is 53.6 Å². The molecule has 0 fully saturated rings. The topological polar surface area (TPSA) is 83.1 Å². The van der Waals surface area contributed by atoms with Crippen molar-refractivity contribution in [2.24, 2.45) is 0 Å². The van der Waals surface area contributed by atoms with Crippen LogP contribution in [0.1, 0.15) is 28.9 Å². The molecular formula is C19H19NO6. The average Bonchev–Trinajstić information content (AvgIpc) is 3.13. The largest absolute Gasteiger partial charge is 0.497 e. The van der Waals surface area contributed by atoms with E-state index in [1.54, 1.807) is 19.2 Å². The van der Waals surface area contributed by atoms with Crippen LogP contribution in [0.15, 0.2) is 42.5 Å². The number of rotatable bonds is 6. The van der Waals surface area contributed by atoms with Gasteiger partial charge in [-0.2, -0.15) is 0 Å². The number of hydrogen-bond acceptors (Lipinski definition) is 6. The quantitative estimate of drug-likeness (QED) is 0.800. The van der Waals surface area contributed by atoms with Gasteiger partial charge < -0.3 is 24.3 Å². The van der Waals surface area contributed by atoms with E-state index in [4.69, 9.17) is 18.9 Å². The molecule has 7 heteroatoms. The monoisotopic (exact) mass is 357 g/mol. The van der Waals surface area contributed by atoms with Crippen molar-refractivity contribution in [1.82, 2.24) is 5.32 Å². The van der Waals surface area contributed by atoms with E-state index in [9.17, 15) is 9.59 Å². The highest BCUT2D eigenvalue weighted by Gasteiger charge is 2.18. The van der Waals surface area contributed by atoms with Crippen LogP contribution in [0, 0.1) is 0 Å². The Balaban J connectivity index is 1.52. The number of fused-ring (bicyclic) bond motifs is 1. The summed E-state index contributed by atoms with van der Waals surface area (Å²) in [6.07, 6.45) is 0. The number of amides is 1. The minimum Gasteiger partial charge on any atom is -0.497 e. The maximum Gasteiger partial charge on any atom is 0.338 e. The van der Waals surface area contributed by atoms with E-state index in [2.05, 4.69) is 5.32 Å². The molecule has 0 radical (unpaired) electrons. The molecule has 7 nitrogen and oxygen atoms in total. The second kappa shape index (κ2) is 7.77. The van der Waals surface area contributed by atoms with Gasteiger partial charge in [-0.3, -0.25) is 4.79 Å². The zero-order valence-corrected chi connectivity index (χ0v) is 14.5. The number of carbonyl (C=O) groups is 2. The zero-order chi connectivity index (χ0) is 18.5. The molecule has 1 heterocycles. The molecule has 3 rings (SSSR count). The van der Waals surface area contributed by atoms with Crippen LogP contribution in [0.3, 0.4) is 0 Å². The van der Waals surface area contributed by atoms with Gasteiger partial charge in [0.05, 0.1) is 18.7 Å². The first-order valence-electron chi connectivity index (χ1n) is 8.07. The van der Waals surface area contributed by atoms with E-state index in [-0.39, 0.29) is 19.4 Å². The highest BCUT2D eigenvalue weighted by molar-refractivity contribution is 5.92. The third-order valence-corrected chi connectivity index (χ3v) is 3.91. The van der Waals surface area contributed by atoms with E-state index in [1.807, 2.05) is 31.2 Å². The number of esters is 1. The summed E-state index contributed by atoms with van der Waals surface area (Å²) >= 11 is 0. The first-order chi connectivity index (χ1) is 12.6. The molecule has 0 unspecified atom stereocenters. The van der Waals surface area contributed by atoms with Crippen molar-refractivity contribution >= 4 is 11.9 Å². The van der Waals surface area contributed by atoms with Gasteiger partial charge >= 0.3 is 5.97 Å². The predicted octanol–water partition coefficient (Wildman–Crippen LogP) is 2.46. The molecule has 0 spiro atoms. The molecule has 0 aromatic heterocycles. The first-order valence-corrected chi connectivity index (χ1v) is 8.07. The van der Waals surface area contributed by atoms with Crippen molar-refractivity contribution in [1.29, 1.82) is 0 Å². The van der Waals surface area contributed by atoms with Gasteiger partial charge in [0.15, 0.2) is 18.1 Å². The molecule has 0 aliphatic carbocycles. The Kier molecular flexibility index (Phi) is 5.26. The Labute approximate surface area is 150 Å². The van der Waals surface area contributed by atoms with Gasteiger partial charge in [-0.1, -0.05) is 12.1 Å². The van der Waals surface area contributed by atoms with E-state index in [0.717, 1.165) is 5.56 Å². The molecule has 2 aromatic carbocycles. The van der Waals surface area contributed by atoms with E-state index >= 15 is 0 Å². The lowest BCUT2D eigenvalue weighted by atomic mass is 10.1. The van der Waals surface area contributed by atoms with Crippen LogP contribution >= 0.6 is 0 Å². The summed E-state index contributed by atoms with van der Waals surface area (Å²) in [5.41, 5.74) is 1.18. The number of hydrogen-bond donors (Lipinski definition) is 1. The number of ether oxygens (including phenoxy) is 4. The smallest absolute Gasteiger partial charge is 0.338 e. The van der Waals surface area contributed by atoms with Gasteiger partial charge in [-0.25, -0.2) is 4.79 Å². The van der Waals surface area contributed by atoms with Crippen LogP contribution in [-0.2, 0) is 9.53 Å². The summed E-state index contributed by atoms with van der Waals surface area (Å²) in [7, 11) is 1.58. The van der Waals surface area contributed by atoms with Crippen LogP contribution in [0.2, 0.25) is 0 Å². The Morgan fingerprint density at radius 1 is 1.15 bits per heavy atom. The lowest BCUT2D eigenvalue weighted by Crippen LogP contribution is -2.31. The highest BCUT2D eigenvalue weighted by atomic mass is 16.7. The van der Waals surface area contributed by atoms with Crippen molar-refractivity contribution < 1.29 is 28.5 Å². The number of carbonyl (C=O) groups excluding carboxylic acids is 2. The fourth-order valence-corrected chi connectivity index (χ4v) is 2.52. The predicted molar refractivity (Wildman–Crippen MR) is 92.4 cm³/mol. The van der Waals surface area contributed by atoms with Crippen molar-refractivity contribution in [2.45, 2.75) is 13.0 Å². The Hall–Kier alpha value is -3.22. The number of nitrogens with one attached hydrogen (secondary N) is 1. The molecule has 0 saturated heterocycles. The average molecular weight is 357 g/mol. The normalized spacial score (nSPS) is 13.0. The molecule has 136 valence electrons. The second-order valence-electron chi connectivity index (χ2n) is 5.71. The number of methoxy groups -OCH3 is 1. The molecule has 1 N–H and O–H groups in total. The fraction of sp³-hybridized carbons (Fsp3) is 0.263. The van der Waals surface area contributed by atoms with Crippen LogP contribution in [0.25, 0.3) is 0 Å². The molecular weight excluding hydrogens is 338 g/mol. The maximum absolute atomic E-state index is 12.1. The van der Waals surface area contributed by atoms with E-state index in [0.29, 0.717) is 22.8 Å². The van der Waals surface area contributed by atoms with Gasteiger partial charge in [0.1, 0.15) is 5.75 Å². The lowest BCUT2D eigenvalue weighted by Gasteiger charge is -2.15. The lowest BCUT2D eigenvalue weighted by molar-refractivity contribution is -0.124. The zero-order valence-electron chi connectivity index (χ0n) is 14.5. The Morgan fingerprint density at radius 3 is 2.77 bits per heavy atom. The maximum atomic E-state index is 12.1. The van der Waals surface area contributed by atoms with Gasteiger partial charge in [-0.15, -0.1) is 0 Å². The van der Waals surface area contributed by atoms with Crippen molar-refractivity contribution in [2.75, 3.05) is 20.5 Å². The molecule has 1 amide bonds. The highest BCUT2D eigenvalue weighted by Crippen LogP contribution is 2.32. The van der Waals surface area contributed by atoms with Crippen LogP contribution < -0.4 is 19.5 Å². The molecule has 1 aliphatic heterocycles. The molecule has 1 aliphatic rings. The fourth-order valence-electron chi connectivity index (χ4n) is 2.52. The van der Waals surface area contributed by atoms with E-state index in [1.165, 1.54) is 6.07 Å². The Bertz CT molecular complexity index is 819.